The lowest BCUT2D eigenvalue weighted by Gasteiger charge is -2.18. The van der Waals surface area contributed by atoms with E-state index in [4.69, 9.17) is 0 Å². The Labute approximate surface area is 99.9 Å². The zero-order chi connectivity index (χ0) is 12.0. The van der Waals surface area contributed by atoms with Gasteiger partial charge in [0.1, 0.15) is 9.84 Å². The van der Waals surface area contributed by atoms with Crippen LogP contribution in [0.4, 0.5) is 0 Å². The molecule has 0 radical (unpaired) electrons. The average Bonchev–Trinajstić information content (AvgIpc) is 2.39. The summed E-state index contributed by atoms with van der Waals surface area (Å²) in [4.78, 5) is 0. The van der Waals surface area contributed by atoms with Gasteiger partial charge in [-0.05, 0) is 32.2 Å². The fraction of sp³-hybridized carbons (Fsp3) is 1.00. The molecule has 0 aliphatic heterocycles. The van der Waals surface area contributed by atoms with Crippen molar-refractivity contribution in [1.82, 2.24) is 5.32 Å². The van der Waals surface area contributed by atoms with Crippen LogP contribution >= 0.6 is 0 Å². The predicted octanol–water partition coefficient (Wildman–Crippen LogP) is 1.98. The molecule has 1 fully saturated rings. The lowest BCUT2D eigenvalue weighted by atomic mass is 10.0. The summed E-state index contributed by atoms with van der Waals surface area (Å²) in [5.41, 5.74) is 0. The van der Waals surface area contributed by atoms with E-state index in [0.717, 1.165) is 12.5 Å². The minimum atomic E-state index is -2.85. The molecule has 0 amide bonds. The fourth-order valence-electron chi connectivity index (χ4n) is 2.45. The van der Waals surface area contributed by atoms with Crippen molar-refractivity contribution in [2.45, 2.75) is 51.5 Å². The molecule has 16 heavy (non-hydrogen) atoms. The van der Waals surface area contributed by atoms with E-state index >= 15 is 0 Å². The highest BCUT2D eigenvalue weighted by Crippen LogP contribution is 2.22. The first-order valence-corrected chi connectivity index (χ1v) is 8.44. The van der Waals surface area contributed by atoms with Crippen LogP contribution in [0.1, 0.15) is 45.4 Å². The van der Waals surface area contributed by atoms with Crippen LogP contribution in [0, 0.1) is 5.92 Å². The summed E-state index contributed by atoms with van der Waals surface area (Å²) in [6.45, 7) is 2.94. The molecule has 1 N–H and O–H groups in total. The maximum atomic E-state index is 11.1. The maximum absolute atomic E-state index is 11.1. The summed E-state index contributed by atoms with van der Waals surface area (Å²) in [6.07, 6.45) is 9.33. The molecule has 1 rings (SSSR count). The van der Waals surface area contributed by atoms with Gasteiger partial charge in [-0.15, -0.1) is 0 Å². The molecule has 1 saturated carbocycles. The highest BCUT2D eigenvalue weighted by atomic mass is 32.2. The minimum Gasteiger partial charge on any atom is -0.313 e. The van der Waals surface area contributed by atoms with Crippen molar-refractivity contribution in [3.63, 3.8) is 0 Å². The number of hydrogen-bond acceptors (Lipinski definition) is 3. The topological polar surface area (TPSA) is 46.2 Å². The van der Waals surface area contributed by atoms with Gasteiger partial charge in [-0.25, -0.2) is 8.42 Å². The van der Waals surface area contributed by atoms with E-state index in [1.165, 1.54) is 44.8 Å². The average molecular weight is 247 g/mol. The quantitative estimate of drug-likeness (QED) is 0.756. The SMILES string of the molecule is CC(CS(C)(=O)=O)NCC1CCCCCC1. The molecule has 1 atom stereocenters. The van der Waals surface area contributed by atoms with Gasteiger partial charge in [0.05, 0.1) is 5.75 Å². The van der Waals surface area contributed by atoms with E-state index in [9.17, 15) is 8.42 Å². The Morgan fingerprint density at radius 1 is 1.19 bits per heavy atom. The third-order valence-corrected chi connectivity index (χ3v) is 4.39. The van der Waals surface area contributed by atoms with Gasteiger partial charge in [-0.3, -0.25) is 0 Å². The van der Waals surface area contributed by atoms with Gasteiger partial charge in [-0.2, -0.15) is 0 Å². The van der Waals surface area contributed by atoms with Crippen LogP contribution in [-0.4, -0.2) is 33.0 Å². The number of rotatable bonds is 5. The second-order valence-electron chi connectivity index (χ2n) is 5.26. The molecule has 0 aromatic carbocycles. The molecular weight excluding hydrogens is 222 g/mol. The summed E-state index contributed by atoms with van der Waals surface area (Å²) >= 11 is 0. The Kier molecular flexibility index (Phi) is 5.76. The van der Waals surface area contributed by atoms with Crippen LogP contribution in [0.25, 0.3) is 0 Å². The van der Waals surface area contributed by atoms with Crippen LogP contribution in [0.2, 0.25) is 0 Å². The molecule has 0 spiro atoms. The van der Waals surface area contributed by atoms with E-state index in [0.29, 0.717) is 0 Å². The molecule has 0 bridgehead atoms. The van der Waals surface area contributed by atoms with Gasteiger partial charge in [-0.1, -0.05) is 25.7 Å². The van der Waals surface area contributed by atoms with Crippen LogP contribution in [0.5, 0.6) is 0 Å². The van der Waals surface area contributed by atoms with Crippen LogP contribution in [0.15, 0.2) is 0 Å². The maximum Gasteiger partial charge on any atom is 0.148 e. The van der Waals surface area contributed by atoms with Crippen LogP contribution in [0.3, 0.4) is 0 Å². The summed E-state index contributed by atoms with van der Waals surface area (Å²) in [7, 11) is -2.85. The Balaban J connectivity index is 2.22. The second kappa shape index (κ2) is 6.60. The van der Waals surface area contributed by atoms with Crippen molar-refractivity contribution in [2.24, 2.45) is 5.92 Å². The molecule has 0 aromatic heterocycles. The van der Waals surface area contributed by atoms with Crippen molar-refractivity contribution in [1.29, 1.82) is 0 Å². The van der Waals surface area contributed by atoms with Crippen molar-refractivity contribution in [2.75, 3.05) is 18.6 Å². The van der Waals surface area contributed by atoms with Gasteiger partial charge in [0.15, 0.2) is 0 Å². The molecule has 0 aromatic rings. The Bertz CT molecular complexity index is 279. The summed E-state index contributed by atoms with van der Waals surface area (Å²) in [5, 5.41) is 3.36. The lowest BCUT2D eigenvalue weighted by Crippen LogP contribution is -2.36. The second-order valence-corrected chi connectivity index (χ2v) is 7.44. The predicted molar refractivity (Wildman–Crippen MR) is 68.4 cm³/mol. The van der Waals surface area contributed by atoms with E-state index in [-0.39, 0.29) is 11.8 Å². The molecule has 1 aliphatic rings. The van der Waals surface area contributed by atoms with Gasteiger partial charge in [0.25, 0.3) is 0 Å². The Morgan fingerprint density at radius 3 is 2.25 bits per heavy atom. The Morgan fingerprint density at radius 2 is 1.75 bits per heavy atom. The molecule has 1 aliphatic carbocycles. The monoisotopic (exact) mass is 247 g/mol. The normalized spacial score (nSPS) is 21.6. The van der Waals surface area contributed by atoms with E-state index in [2.05, 4.69) is 5.32 Å². The summed E-state index contributed by atoms with van der Waals surface area (Å²) in [5.74, 6) is 1.00. The lowest BCUT2D eigenvalue weighted by molar-refractivity contribution is 0.407. The third-order valence-electron chi connectivity index (χ3n) is 3.28. The van der Waals surface area contributed by atoms with Crippen molar-refractivity contribution in [3.8, 4) is 0 Å². The standard InChI is InChI=1S/C12H25NO2S/c1-11(10-16(2,14)15)13-9-12-7-5-3-4-6-8-12/h11-13H,3-10H2,1-2H3. The molecule has 1 unspecified atom stereocenters. The first-order valence-electron chi connectivity index (χ1n) is 6.38. The zero-order valence-corrected chi connectivity index (χ0v) is 11.4. The van der Waals surface area contributed by atoms with Crippen molar-refractivity contribution >= 4 is 9.84 Å². The molecule has 96 valence electrons. The molecule has 4 heteroatoms. The molecule has 0 heterocycles. The van der Waals surface area contributed by atoms with Crippen LogP contribution in [-0.2, 0) is 9.84 Å². The number of hydrogen-bond donors (Lipinski definition) is 1. The fourth-order valence-corrected chi connectivity index (χ4v) is 3.48. The summed E-state index contributed by atoms with van der Waals surface area (Å²) in [6, 6.07) is 0.0817. The van der Waals surface area contributed by atoms with Crippen molar-refractivity contribution in [3.05, 3.63) is 0 Å². The van der Waals surface area contributed by atoms with Gasteiger partial charge in [0.2, 0.25) is 0 Å². The van der Waals surface area contributed by atoms with E-state index < -0.39 is 9.84 Å². The Hall–Kier alpha value is -0.0900. The first kappa shape index (κ1) is 14.0. The molecule has 0 saturated heterocycles. The minimum absolute atomic E-state index is 0.0817. The van der Waals surface area contributed by atoms with E-state index in [1.807, 2.05) is 6.92 Å². The highest BCUT2D eigenvalue weighted by Gasteiger charge is 2.15. The van der Waals surface area contributed by atoms with Crippen molar-refractivity contribution < 1.29 is 8.42 Å². The van der Waals surface area contributed by atoms with Crippen LogP contribution < -0.4 is 5.32 Å². The summed E-state index contributed by atoms with van der Waals surface area (Å²) < 4.78 is 22.2. The van der Waals surface area contributed by atoms with Gasteiger partial charge >= 0.3 is 0 Å². The molecule has 3 nitrogen and oxygen atoms in total. The van der Waals surface area contributed by atoms with Gasteiger partial charge in [0, 0.05) is 12.3 Å². The smallest absolute Gasteiger partial charge is 0.148 e. The number of nitrogens with one attached hydrogen (secondary N) is 1. The van der Waals surface area contributed by atoms with E-state index in [1.54, 1.807) is 0 Å². The largest absolute Gasteiger partial charge is 0.313 e. The molecular formula is C12H25NO2S. The van der Waals surface area contributed by atoms with Gasteiger partial charge < -0.3 is 5.32 Å². The highest BCUT2D eigenvalue weighted by molar-refractivity contribution is 7.90. The first-order chi connectivity index (χ1) is 7.47. The number of sulfone groups is 1. The zero-order valence-electron chi connectivity index (χ0n) is 10.5. The third kappa shape index (κ3) is 6.48.